The average Bonchev–Trinajstić information content (AvgIpc) is 3.29. The molecular formula is C22H18F3N5O. The first-order valence-electron chi connectivity index (χ1n) is 9.74. The van der Waals surface area contributed by atoms with Gasteiger partial charge in [-0.25, -0.2) is 13.2 Å². The lowest BCUT2D eigenvalue weighted by atomic mass is 9.99. The fourth-order valence-corrected chi connectivity index (χ4v) is 4.23. The van der Waals surface area contributed by atoms with E-state index in [9.17, 15) is 18.0 Å². The zero-order valence-electron chi connectivity index (χ0n) is 16.9. The Morgan fingerprint density at radius 3 is 2.52 bits per heavy atom. The van der Waals surface area contributed by atoms with Crippen LogP contribution in [-0.4, -0.2) is 36.9 Å². The van der Waals surface area contributed by atoms with Crippen molar-refractivity contribution in [1.29, 1.82) is 0 Å². The van der Waals surface area contributed by atoms with Gasteiger partial charge in [-0.05, 0) is 36.8 Å². The summed E-state index contributed by atoms with van der Waals surface area (Å²) in [6.07, 6.45) is 2.19. The monoisotopic (exact) mass is 425 g/mol. The molecule has 1 aliphatic rings. The molecule has 0 N–H and O–H groups in total. The number of nitrogens with zero attached hydrogens (tertiary/aromatic N) is 5. The lowest BCUT2D eigenvalue weighted by Crippen LogP contribution is -2.36. The van der Waals surface area contributed by atoms with E-state index in [2.05, 4.69) is 10.2 Å². The summed E-state index contributed by atoms with van der Waals surface area (Å²) in [5.74, 6) is -4.11. The van der Waals surface area contributed by atoms with Crippen LogP contribution < -0.4 is 0 Å². The number of carbonyl (C=O) groups excluding carboxylic acids is 1. The van der Waals surface area contributed by atoms with E-state index in [1.54, 1.807) is 28.9 Å². The number of aryl methyl sites for hydroxylation is 2. The third kappa shape index (κ3) is 3.08. The van der Waals surface area contributed by atoms with Crippen LogP contribution in [0.1, 0.15) is 21.6 Å². The van der Waals surface area contributed by atoms with Gasteiger partial charge < -0.3 is 4.90 Å². The van der Waals surface area contributed by atoms with Crippen LogP contribution >= 0.6 is 0 Å². The molecule has 0 saturated carbocycles. The fourth-order valence-electron chi connectivity index (χ4n) is 4.23. The summed E-state index contributed by atoms with van der Waals surface area (Å²) >= 11 is 0. The number of fused-ring (bicyclic) bond motifs is 2. The largest absolute Gasteiger partial charge is 0.332 e. The van der Waals surface area contributed by atoms with Crippen LogP contribution in [0.2, 0.25) is 0 Å². The van der Waals surface area contributed by atoms with Crippen molar-refractivity contribution in [1.82, 2.24) is 24.5 Å². The van der Waals surface area contributed by atoms with Gasteiger partial charge in [-0.15, -0.1) is 0 Å². The van der Waals surface area contributed by atoms with E-state index in [1.807, 2.05) is 19.2 Å². The van der Waals surface area contributed by atoms with Crippen molar-refractivity contribution in [3.8, 4) is 11.3 Å². The maximum Gasteiger partial charge on any atom is 0.254 e. The quantitative estimate of drug-likeness (QED) is 0.462. The number of rotatable bonds is 2. The fraction of sp³-hybridized carbons (Fsp3) is 0.227. The zero-order valence-corrected chi connectivity index (χ0v) is 16.9. The molecular weight excluding hydrogens is 407 g/mol. The molecule has 0 spiro atoms. The normalized spacial score (nSPS) is 13.6. The van der Waals surface area contributed by atoms with Gasteiger partial charge in [0.1, 0.15) is 0 Å². The van der Waals surface area contributed by atoms with Crippen LogP contribution in [-0.2, 0) is 27.1 Å². The topological polar surface area (TPSA) is 56.0 Å². The van der Waals surface area contributed by atoms with Gasteiger partial charge in [-0.1, -0.05) is 0 Å². The number of amides is 1. The molecule has 158 valence electrons. The molecule has 0 bridgehead atoms. The van der Waals surface area contributed by atoms with Gasteiger partial charge in [0.15, 0.2) is 17.5 Å². The lowest BCUT2D eigenvalue weighted by molar-refractivity contribution is 0.0732. The molecule has 0 unspecified atom stereocenters. The molecule has 4 aromatic rings. The summed E-state index contributed by atoms with van der Waals surface area (Å²) in [4.78, 5) is 14.8. The van der Waals surface area contributed by atoms with E-state index in [0.29, 0.717) is 29.9 Å². The highest BCUT2D eigenvalue weighted by molar-refractivity contribution is 5.98. The van der Waals surface area contributed by atoms with Crippen molar-refractivity contribution in [2.45, 2.75) is 13.0 Å². The SMILES string of the molecule is Cn1nc2c(c1-c1cc(F)c(F)c(F)c1)CCN(C(=O)c1ccc3c(cnn3C)c1)C2. The van der Waals surface area contributed by atoms with Crippen LogP contribution in [0.3, 0.4) is 0 Å². The molecule has 0 saturated heterocycles. The molecule has 1 amide bonds. The Morgan fingerprint density at radius 1 is 1.03 bits per heavy atom. The van der Waals surface area contributed by atoms with Gasteiger partial charge >= 0.3 is 0 Å². The van der Waals surface area contributed by atoms with Gasteiger partial charge in [0.2, 0.25) is 0 Å². The molecule has 6 nitrogen and oxygen atoms in total. The minimum Gasteiger partial charge on any atom is -0.332 e. The highest BCUT2D eigenvalue weighted by Crippen LogP contribution is 2.32. The summed E-state index contributed by atoms with van der Waals surface area (Å²) < 4.78 is 44.2. The van der Waals surface area contributed by atoms with Crippen molar-refractivity contribution in [2.75, 3.05) is 6.54 Å². The van der Waals surface area contributed by atoms with Crippen LogP contribution in [0.5, 0.6) is 0 Å². The van der Waals surface area contributed by atoms with Gasteiger partial charge in [0.25, 0.3) is 5.91 Å². The Morgan fingerprint density at radius 2 is 1.77 bits per heavy atom. The van der Waals surface area contributed by atoms with E-state index in [4.69, 9.17) is 0 Å². The van der Waals surface area contributed by atoms with Crippen molar-refractivity contribution >= 4 is 16.8 Å². The van der Waals surface area contributed by atoms with E-state index in [1.165, 1.54) is 4.68 Å². The molecule has 1 aliphatic heterocycles. The summed E-state index contributed by atoms with van der Waals surface area (Å²) in [6.45, 7) is 0.709. The maximum atomic E-state index is 13.8. The summed E-state index contributed by atoms with van der Waals surface area (Å²) in [5, 5.41) is 9.54. The Kier molecular flexibility index (Phi) is 4.35. The van der Waals surface area contributed by atoms with Crippen molar-refractivity contribution in [2.24, 2.45) is 14.1 Å². The first-order chi connectivity index (χ1) is 14.8. The molecule has 0 radical (unpaired) electrons. The second-order valence-electron chi connectivity index (χ2n) is 7.67. The van der Waals surface area contributed by atoms with Crippen molar-refractivity contribution in [3.05, 3.63) is 70.8 Å². The summed E-state index contributed by atoms with van der Waals surface area (Å²) in [5.41, 5.74) is 3.70. The number of halogens is 3. The van der Waals surface area contributed by atoms with E-state index >= 15 is 0 Å². The third-order valence-corrected chi connectivity index (χ3v) is 5.74. The molecule has 2 aromatic heterocycles. The molecule has 0 fully saturated rings. The minimum atomic E-state index is -1.50. The first kappa shape index (κ1) is 19.3. The predicted octanol–water partition coefficient (Wildman–Crippen LogP) is 3.59. The Labute approximate surface area is 175 Å². The van der Waals surface area contributed by atoms with Crippen molar-refractivity contribution < 1.29 is 18.0 Å². The average molecular weight is 425 g/mol. The standard InChI is InChI=1S/C22H18F3N5O/c1-28-19-4-3-12(7-14(19)10-26-28)22(31)30-6-5-15-18(11-30)27-29(2)21(15)13-8-16(23)20(25)17(24)9-13/h3-4,7-10H,5-6,11H2,1-2H3. The van der Waals surface area contributed by atoms with E-state index in [0.717, 1.165) is 28.6 Å². The molecule has 5 rings (SSSR count). The van der Waals surface area contributed by atoms with Crippen LogP contribution in [0.25, 0.3) is 22.2 Å². The molecule has 3 heterocycles. The van der Waals surface area contributed by atoms with Crippen LogP contribution in [0.15, 0.2) is 36.5 Å². The van der Waals surface area contributed by atoms with E-state index < -0.39 is 17.5 Å². The van der Waals surface area contributed by atoms with E-state index in [-0.39, 0.29) is 18.0 Å². The number of hydrogen-bond acceptors (Lipinski definition) is 3. The molecule has 31 heavy (non-hydrogen) atoms. The van der Waals surface area contributed by atoms with Gasteiger partial charge in [0, 0.05) is 42.7 Å². The smallest absolute Gasteiger partial charge is 0.254 e. The summed E-state index contributed by atoms with van der Waals surface area (Å²) in [6, 6.07) is 7.39. The Balaban J connectivity index is 1.46. The van der Waals surface area contributed by atoms with Gasteiger partial charge in [0.05, 0.1) is 29.6 Å². The van der Waals surface area contributed by atoms with Gasteiger partial charge in [-0.3, -0.25) is 14.2 Å². The number of hydrogen-bond donors (Lipinski definition) is 0. The number of aromatic nitrogens is 4. The second kappa shape index (κ2) is 6.97. The third-order valence-electron chi connectivity index (χ3n) is 5.74. The van der Waals surface area contributed by atoms with Crippen molar-refractivity contribution in [3.63, 3.8) is 0 Å². The highest BCUT2D eigenvalue weighted by atomic mass is 19.2. The first-order valence-corrected chi connectivity index (χ1v) is 9.74. The predicted molar refractivity (Wildman–Crippen MR) is 108 cm³/mol. The molecule has 9 heteroatoms. The minimum absolute atomic E-state index is 0.123. The lowest BCUT2D eigenvalue weighted by Gasteiger charge is -2.26. The van der Waals surface area contributed by atoms with Crippen LogP contribution in [0, 0.1) is 17.5 Å². The maximum absolute atomic E-state index is 13.8. The molecule has 0 atom stereocenters. The molecule has 2 aromatic carbocycles. The summed E-state index contributed by atoms with van der Waals surface area (Å²) in [7, 11) is 3.50. The number of benzene rings is 2. The zero-order chi connectivity index (χ0) is 21.9. The Bertz CT molecular complexity index is 1330. The van der Waals surface area contributed by atoms with Crippen LogP contribution in [0.4, 0.5) is 13.2 Å². The Hall–Kier alpha value is -3.62. The number of carbonyl (C=O) groups is 1. The molecule has 0 aliphatic carbocycles. The van der Waals surface area contributed by atoms with Gasteiger partial charge in [-0.2, -0.15) is 10.2 Å². The highest BCUT2D eigenvalue weighted by Gasteiger charge is 2.28. The second-order valence-corrected chi connectivity index (χ2v) is 7.67.